The molecule has 1 aliphatic rings. The number of carbonyl (C=O) groups is 2. The van der Waals surface area contributed by atoms with E-state index in [0.29, 0.717) is 18.1 Å². The van der Waals surface area contributed by atoms with Gasteiger partial charge in [0.1, 0.15) is 6.61 Å². The van der Waals surface area contributed by atoms with Gasteiger partial charge in [0.15, 0.2) is 6.04 Å². The van der Waals surface area contributed by atoms with Gasteiger partial charge in [0.2, 0.25) is 5.91 Å². The summed E-state index contributed by atoms with van der Waals surface area (Å²) in [6.07, 6.45) is 2.31. The first-order valence-corrected chi connectivity index (χ1v) is 7.14. The van der Waals surface area contributed by atoms with Crippen LogP contribution in [0.15, 0.2) is 18.2 Å². The van der Waals surface area contributed by atoms with Gasteiger partial charge in [-0.3, -0.25) is 4.79 Å². The number of nitrogens with one attached hydrogen (secondary N) is 1. The lowest BCUT2D eigenvalue weighted by atomic mass is 10.0. The molecule has 21 heavy (non-hydrogen) atoms. The average molecular weight is 291 g/mol. The van der Waals surface area contributed by atoms with Crippen LogP contribution in [-0.2, 0) is 14.3 Å². The first-order valence-electron chi connectivity index (χ1n) is 7.14. The smallest absolute Gasteiger partial charge is 0.330 e. The number of carboxylic acids is 1. The van der Waals surface area contributed by atoms with Crippen LogP contribution in [0.4, 0.5) is 0 Å². The van der Waals surface area contributed by atoms with Crippen molar-refractivity contribution in [2.45, 2.75) is 32.7 Å². The van der Waals surface area contributed by atoms with Gasteiger partial charge in [0, 0.05) is 0 Å². The number of ether oxygens (including phenoxy) is 1. The summed E-state index contributed by atoms with van der Waals surface area (Å²) in [5.41, 5.74) is 2.65. The molecule has 1 fully saturated rings. The van der Waals surface area contributed by atoms with E-state index in [4.69, 9.17) is 4.74 Å². The van der Waals surface area contributed by atoms with E-state index in [1.165, 1.54) is 0 Å². The summed E-state index contributed by atoms with van der Waals surface area (Å²) in [5.74, 6) is -0.900. The van der Waals surface area contributed by atoms with Crippen LogP contribution in [0.3, 0.4) is 0 Å². The monoisotopic (exact) mass is 291 g/mol. The van der Waals surface area contributed by atoms with Crippen LogP contribution >= 0.6 is 0 Å². The Labute approximate surface area is 124 Å². The number of hydrogen-bond acceptors (Lipinski definition) is 3. The van der Waals surface area contributed by atoms with Crippen molar-refractivity contribution >= 4 is 11.9 Å². The summed E-state index contributed by atoms with van der Waals surface area (Å²) < 4.78 is 5.27. The lowest BCUT2D eigenvalue weighted by molar-refractivity contribution is -0.142. The lowest BCUT2D eigenvalue weighted by Gasteiger charge is -2.16. The Morgan fingerprint density at radius 1 is 1.33 bits per heavy atom. The van der Waals surface area contributed by atoms with Gasteiger partial charge < -0.3 is 15.2 Å². The molecule has 0 bridgehead atoms. The van der Waals surface area contributed by atoms with Crippen LogP contribution in [-0.4, -0.2) is 30.2 Å². The molecule has 2 rings (SSSR count). The molecule has 1 aromatic carbocycles. The number of carbonyl (C=O) groups excluding carboxylic acids is 1. The minimum absolute atomic E-state index is 0.0921. The molecule has 1 aliphatic carbocycles. The second-order valence-electron chi connectivity index (χ2n) is 5.64. The van der Waals surface area contributed by atoms with E-state index < -0.39 is 17.9 Å². The van der Waals surface area contributed by atoms with Crippen molar-refractivity contribution in [3.05, 3.63) is 34.9 Å². The SMILES string of the molecule is Cc1ccc(C(NC(=O)COCC2CC2)C(=O)O)cc1C. The van der Waals surface area contributed by atoms with Gasteiger partial charge in [-0.15, -0.1) is 0 Å². The second kappa shape index (κ2) is 6.72. The van der Waals surface area contributed by atoms with Gasteiger partial charge in [-0.2, -0.15) is 0 Å². The molecule has 2 N–H and O–H groups in total. The fourth-order valence-corrected chi connectivity index (χ4v) is 2.04. The fourth-order valence-electron chi connectivity index (χ4n) is 2.04. The van der Waals surface area contributed by atoms with Gasteiger partial charge in [-0.05, 0) is 49.3 Å². The van der Waals surface area contributed by atoms with Crippen molar-refractivity contribution in [2.24, 2.45) is 5.92 Å². The highest BCUT2D eigenvalue weighted by atomic mass is 16.5. The van der Waals surface area contributed by atoms with Gasteiger partial charge in [0.05, 0.1) is 6.61 Å². The van der Waals surface area contributed by atoms with E-state index in [1.807, 2.05) is 19.9 Å². The molecule has 1 unspecified atom stereocenters. The van der Waals surface area contributed by atoms with Gasteiger partial charge in [-0.1, -0.05) is 18.2 Å². The lowest BCUT2D eigenvalue weighted by Crippen LogP contribution is -2.36. The van der Waals surface area contributed by atoms with Gasteiger partial charge >= 0.3 is 5.97 Å². The predicted octanol–water partition coefficient (Wildman–Crippen LogP) is 1.97. The number of aryl methyl sites for hydroxylation is 2. The molecule has 1 aromatic rings. The molecule has 1 saturated carbocycles. The normalized spacial score (nSPS) is 15.5. The summed E-state index contributed by atoms with van der Waals surface area (Å²) in [4.78, 5) is 23.2. The molecule has 0 radical (unpaired) electrons. The summed E-state index contributed by atoms with van der Waals surface area (Å²) in [5, 5.41) is 11.8. The minimum Gasteiger partial charge on any atom is -0.479 e. The topological polar surface area (TPSA) is 75.6 Å². The van der Waals surface area contributed by atoms with E-state index in [1.54, 1.807) is 12.1 Å². The van der Waals surface area contributed by atoms with Crippen LogP contribution in [0, 0.1) is 19.8 Å². The van der Waals surface area contributed by atoms with Crippen LogP contribution in [0.1, 0.15) is 35.6 Å². The highest BCUT2D eigenvalue weighted by Crippen LogP contribution is 2.28. The average Bonchev–Trinajstić information content (AvgIpc) is 3.23. The van der Waals surface area contributed by atoms with Crippen molar-refractivity contribution in [1.82, 2.24) is 5.32 Å². The summed E-state index contributed by atoms with van der Waals surface area (Å²) in [6.45, 7) is 4.36. The zero-order valence-electron chi connectivity index (χ0n) is 12.4. The van der Waals surface area contributed by atoms with Gasteiger partial charge in [0.25, 0.3) is 0 Å². The molecule has 0 heterocycles. The van der Waals surface area contributed by atoms with E-state index in [9.17, 15) is 14.7 Å². The van der Waals surface area contributed by atoms with E-state index in [0.717, 1.165) is 24.0 Å². The molecule has 0 spiro atoms. The third kappa shape index (κ3) is 4.56. The molecular formula is C16H21NO4. The van der Waals surface area contributed by atoms with E-state index >= 15 is 0 Å². The van der Waals surface area contributed by atoms with Crippen LogP contribution in [0.5, 0.6) is 0 Å². The molecule has 1 atom stereocenters. The van der Waals surface area contributed by atoms with E-state index in [-0.39, 0.29) is 6.61 Å². The first-order chi connectivity index (χ1) is 9.97. The highest BCUT2D eigenvalue weighted by Gasteiger charge is 2.24. The standard InChI is InChI=1S/C16H21NO4/c1-10-3-6-13(7-11(10)2)15(16(19)20)17-14(18)9-21-8-12-4-5-12/h3,6-7,12,15H,4-5,8-9H2,1-2H3,(H,17,18)(H,19,20). The number of hydrogen-bond donors (Lipinski definition) is 2. The third-order valence-corrected chi connectivity index (χ3v) is 3.70. The highest BCUT2D eigenvalue weighted by molar-refractivity contribution is 5.85. The van der Waals surface area contributed by atoms with E-state index in [2.05, 4.69) is 5.32 Å². The number of rotatable bonds is 7. The van der Waals surface area contributed by atoms with Crippen LogP contribution in [0.2, 0.25) is 0 Å². The van der Waals surface area contributed by atoms with Crippen LogP contribution < -0.4 is 5.32 Å². The van der Waals surface area contributed by atoms with Crippen molar-refractivity contribution in [1.29, 1.82) is 0 Å². The molecule has 5 nitrogen and oxygen atoms in total. The van der Waals surface area contributed by atoms with Crippen molar-refractivity contribution < 1.29 is 19.4 Å². The molecular weight excluding hydrogens is 270 g/mol. The number of amides is 1. The number of aliphatic carboxylic acids is 1. The van der Waals surface area contributed by atoms with Crippen molar-refractivity contribution in [2.75, 3.05) is 13.2 Å². The zero-order valence-corrected chi connectivity index (χ0v) is 12.4. The summed E-state index contributed by atoms with van der Waals surface area (Å²) in [6, 6.07) is 4.34. The molecule has 1 amide bonds. The Kier molecular flexibility index (Phi) is 4.96. The molecule has 0 aromatic heterocycles. The Bertz CT molecular complexity index is 537. The molecule has 0 aliphatic heterocycles. The summed E-state index contributed by atoms with van der Waals surface area (Å²) >= 11 is 0. The first kappa shape index (κ1) is 15.5. The van der Waals surface area contributed by atoms with Crippen molar-refractivity contribution in [3.63, 3.8) is 0 Å². The predicted molar refractivity (Wildman–Crippen MR) is 78.0 cm³/mol. The number of benzene rings is 1. The van der Waals surface area contributed by atoms with Gasteiger partial charge in [-0.25, -0.2) is 4.79 Å². The maximum absolute atomic E-state index is 11.8. The maximum Gasteiger partial charge on any atom is 0.330 e. The Hall–Kier alpha value is -1.88. The van der Waals surface area contributed by atoms with Crippen molar-refractivity contribution in [3.8, 4) is 0 Å². The Morgan fingerprint density at radius 3 is 2.62 bits per heavy atom. The Morgan fingerprint density at radius 2 is 2.05 bits per heavy atom. The second-order valence-corrected chi connectivity index (χ2v) is 5.64. The fraction of sp³-hybridized carbons (Fsp3) is 0.500. The summed E-state index contributed by atoms with van der Waals surface area (Å²) in [7, 11) is 0. The number of carboxylic acid groups (broad SMARTS) is 1. The molecule has 0 saturated heterocycles. The minimum atomic E-state index is -1.08. The maximum atomic E-state index is 11.8. The zero-order chi connectivity index (χ0) is 15.4. The van der Waals surface area contributed by atoms with Crippen LogP contribution in [0.25, 0.3) is 0 Å². The largest absolute Gasteiger partial charge is 0.479 e. The quantitative estimate of drug-likeness (QED) is 0.805. The molecule has 5 heteroatoms. The molecule has 114 valence electrons. The third-order valence-electron chi connectivity index (χ3n) is 3.70. The Balaban J connectivity index is 1.95.